The third-order valence-corrected chi connectivity index (χ3v) is 15.7. The lowest BCUT2D eigenvalue weighted by Gasteiger charge is -2.61. The second-order valence-corrected chi connectivity index (χ2v) is 18.5. The van der Waals surface area contributed by atoms with Crippen LogP contribution < -0.4 is 0 Å². The fraction of sp³-hybridized carbons (Fsp3) is 0.172. The SMILES string of the molecule is c1ccc(-c2cccc(-n3c4ccccc4c4cccc(-c5ccc6c7ccccc7n(-c7ccc8c(c7)C7(c9ccccc9-8)C8CC9CC(C8)CC7C9)c6c5)c43)c2)cc1. The molecule has 0 radical (unpaired) electrons. The van der Waals surface area contributed by atoms with Gasteiger partial charge in [0.15, 0.2) is 0 Å². The molecule has 2 heteroatoms. The van der Waals surface area contributed by atoms with Crippen molar-refractivity contribution in [2.24, 2.45) is 23.7 Å². The maximum Gasteiger partial charge on any atom is 0.0619 e. The summed E-state index contributed by atoms with van der Waals surface area (Å²) in [7, 11) is 0. The van der Waals surface area contributed by atoms with Crippen molar-refractivity contribution in [3.05, 3.63) is 193 Å². The van der Waals surface area contributed by atoms with Crippen molar-refractivity contribution < 1.29 is 0 Å². The van der Waals surface area contributed by atoms with Crippen LogP contribution in [0, 0.1) is 23.7 Å². The molecule has 1 spiro atoms. The third-order valence-electron chi connectivity index (χ3n) is 15.7. The van der Waals surface area contributed by atoms with Gasteiger partial charge in [0.1, 0.15) is 0 Å². The third kappa shape index (κ3) is 4.38. The summed E-state index contributed by atoms with van der Waals surface area (Å²) < 4.78 is 5.08. The highest BCUT2D eigenvalue weighted by Crippen LogP contribution is 2.69. The van der Waals surface area contributed by atoms with Gasteiger partial charge in [-0.15, -0.1) is 0 Å². The Hall–Kier alpha value is -6.64. The van der Waals surface area contributed by atoms with E-state index in [4.69, 9.17) is 0 Å². The molecular weight excluding hydrogens is 725 g/mol. The van der Waals surface area contributed by atoms with E-state index in [-0.39, 0.29) is 5.41 Å². The molecule has 10 aromatic rings. The topological polar surface area (TPSA) is 9.86 Å². The maximum absolute atomic E-state index is 2.65. The van der Waals surface area contributed by atoms with E-state index in [9.17, 15) is 0 Å². The summed E-state index contributed by atoms with van der Waals surface area (Å²) in [5.74, 6) is 3.31. The molecule has 8 aromatic carbocycles. The van der Waals surface area contributed by atoms with Crippen LogP contribution in [-0.2, 0) is 5.41 Å². The summed E-state index contributed by atoms with van der Waals surface area (Å²) in [5, 5.41) is 5.14. The van der Waals surface area contributed by atoms with Gasteiger partial charge in [-0.25, -0.2) is 0 Å². The Morgan fingerprint density at radius 1 is 0.350 bits per heavy atom. The molecule has 0 saturated heterocycles. The Bertz CT molecular complexity index is 3370. The van der Waals surface area contributed by atoms with E-state index in [1.54, 1.807) is 11.1 Å². The molecule has 4 bridgehead atoms. The molecular formula is C58H44N2. The van der Waals surface area contributed by atoms with Gasteiger partial charge < -0.3 is 9.13 Å². The molecule has 15 rings (SSSR count). The largest absolute Gasteiger partial charge is 0.309 e. The van der Waals surface area contributed by atoms with Gasteiger partial charge in [-0.3, -0.25) is 0 Å². The molecule has 4 fully saturated rings. The van der Waals surface area contributed by atoms with Gasteiger partial charge in [-0.2, -0.15) is 0 Å². The van der Waals surface area contributed by atoms with E-state index in [1.807, 2.05) is 0 Å². The van der Waals surface area contributed by atoms with Crippen LogP contribution in [0.25, 0.3) is 88.4 Å². The summed E-state index contributed by atoms with van der Waals surface area (Å²) in [6.07, 6.45) is 7.03. The van der Waals surface area contributed by atoms with Crippen molar-refractivity contribution >= 4 is 43.6 Å². The average Bonchev–Trinajstić information content (AvgIpc) is 3.92. The molecule has 2 nitrogen and oxygen atoms in total. The van der Waals surface area contributed by atoms with Gasteiger partial charge in [-0.1, -0.05) is 140 Å². The van der Waals surface area contributed by atoms with Crippen LogP contribution in [0.5, 0.6) is 0 Å². The van der Waals surface area contributed by atoms with Crippen molar-refractivity contribution in [3.8, 4) is 44.8 Å². The normalized spacial score (nSPS) is 22.4. The first-order valence-corrected chi connectivity index (χ1v) is 22.2. The minimum absolute atomic E-state index is 0.125. The van der Waals surface area contributed by atoms with Crippen LogP contribution in [0.1, 0.15) is 43.2 Å². The highest BCUT2D eigenvalue weighted by Gasteiger charge is 2.61. The second kappa shape index (κ2) is 12.2. The number of benzene rings is 8. The lowest BCUT2D eigenvalue weighted by molar-refractivity contribution is -0.0399. The lowest BCUT2D eigenvalue weighted by atomic mass is 9.43. The summed E-state index contributed by atoms with van der Waals surface area (Å²) in [6.45, 7) is 0. The number of fused-ring (bicyclic) bond motifs is 9. The van der Waals surface area contributed by atoms with Crippen molar-refractivity contribution in [2.45, 2.75) is 37.5 Å². The van der Waals surface area contributed by atoms with E-state index in [1.165, 1.54) is 120 Å². The average molecular weight is 769 g/mol. The monoisotopic (exact) mass is 768 g/mol. The molecule has 0 atom stereocenters. The van der Waals surface area contributed by atoms with Crippen LogP contribution in [-0.4, -0.2) is 9.13 Å². The van der Waals surface area contributed by atoms with Gasteiger partial charge in [0.05, 0.1) is 22.1 Å². The molecule has 2 aromatic heterocycles. The Kier molecular flexibility index (Phi) is 6.76. The van der Waals surface area contributed by atoms with E-state index in [0.717, 1.165) is 23.7 Å². The standard InChI is InChI=1S/C58H44N2/c1-2-12-38(13-3-1)39-14-10-15-43(33-39)60-55-23-9-6-18-49(55)51-20-11-19-45(57(51)60)40-24-26-50-48-17-5-8-22-54(48)59(56(50)34-40)44-25-27-47-46-16-4-7-21-52(46)58(53(47)35-44)41-29-36-28-37(31-41)32-42(58)30-36/h1-27,33-37,41-42H,28-32H2. The molecule has 60 heavy (non-hydrogen) atoms. The van der Waals surface area contributed by atoms with E-state index >= 15 is 0 Å². The number of hydrogen-bond donors (Lipinski definition) is 0. The number of nitrogens with zero attached hydrogens (tertiary/aromatic N) is 2. The summed E-state index contributed by atoms with van der Waals surface area (Å²) in [4.78, 5) is 0. The van der Waals surface area contributed by atoms with Gasteiger partial charge >= 0.3 is 0 Å². The molecule has 0 amide bonds. The van der Waals surface area contributed by atoms with Crippen molar-refractivity contribution in [1.82, 2.24) is 9.13 Å². The van der Waals surface area contributed by atoms with Crippen LogP contribution in [0.4, 0.5) is 0 Å². The van der Waals surface area contributed by atoms with Gasteiger partial charge in [0, 0.05) is 43.9 Å². The Balaban J connectivity index is 0.996. The highest BCUT2D eigenvalue weighted by molar-refractivity contribution is 6.15. The zero-order valence-corrected chi connectivity index (χ0v) is 33.6. The van der Waals surface area contributed by atoms with Crippen LogP contribution in [0.15, 0.2) is 182 Å². The molecule has 286 valence electrons. The lowest BCUT2D eigenvalue weighted by Crippen LogP contribution is -2.55. The second-order valence-electron chi connectivity index (χ2n) is 18.5. The van der Waals surface area contributed by atoms with Gasteiger partial charge in [0.2, 0.25) is 0 Å². The minimum atomic E-state index is 0.125. The first-order valence-electron chi connectivity index (χ1n) is 22.2. The van der Waals surface area contributed by atoms with Crippen molar-refractivity contribution in [1.29, 1.82) is 0 Å². The molecule has 0 aliphatic heterocycles. The Labute approximate surface area is 350 Å². The highest BCUT2D eigenvalue weighted by atomic mass is 15.0. The minimum Gasteiger partial charge on any atom is -0.309 e. The number of hydrogen-bond acceptors (Lipinski definition) is 0. The Morgan fingerprint density at radius 2 is 0.950 bits per heavy atom. The fourth-order valence-corrected chi connectivity index (χ4v) is 13.7. The summed E-state index contributed by atoms with van der Waals surface area (Å²) in [5.41, 5.74) is 18.6. The zero-order chi connectivity index (χ0) is 39.1. The Morgan fingerprint density at radius 3 is 1.77 bits per heavy atom. The molecule has 5 aliphatic carbocycles. The predicted molar refractivity (Wildman–Crippen MR) is 249 cm³/mol. The quantitative estimate of drug-likeness (QED) is 0.169. The first-order chi connectivity index (χ1) is 29.7. The van der Waals surface area contributed by atoms with Crippen LogP contribution >= 0.6 is 0 Å². The van der Waals surface area contributed by atoms with Gasteiger partial charge in [0.25, 0.3) is 0 Å². The maximum atomic E-state index is 2.65. The molecule has 0 unspecified atom stereocenters. The van der Waals surface area contributed by atoms with Crippen LogP contribution in [0.2, 0.25) is 0 Å². The van der Waals surface area contributed by atoms with E-state index < -0.39 is 0 Å². The van der Waals surface area contributed by atoms with E-state index in [2.05, 4.69) is 191 Å². The van der Waals surface area contributed by atoms with Gasteiger partial charge in [-0.05, 0) is 137 Å². The number of para-hydroxylation sites is 3. The molecule has 0 N–H and O–H groups in total. The summed E-state index contributed by atoms with van der Waals surface area (Å²) >= 11 is 0. The van der Waals surface area contributed by atoms with E-state index in [0.29, 0.717) is 0 Å². The molecule has 4 saturated carbocycles. The van der Waals surface area contributed by atoms with Crippen molar-refractivity contribution in [3.63, 3.8) is 0 Å². The summed E-state index contributed by atoms with van der Waals surface area (Å²) in [6, 6.07) is 68.9. The molecule has 2 heterocycles. The fourth-order valence-electron chi connectivity index (χ4n) is 13.7. The number of rotatable bonds is 4. The molecule has 5 aliphatic rings. The van der Waals surface area contributed by atoms with Crippen LogP contribution in [0.3, 0.4) is 0 Å². The number of aromatic nitrogens is 2. The zero-order valence-electron chi connectivity index (χ0n) is 33.6. The predicted octanol–water partition coefficient (Wildman–Crippen LogP) is 14.9. The smallest absolute Gasteiger partial charge is 0.0619 e. The first kappa shape index (κ1) is 33.2. The van der Waals surface area contributed by atoms with Crippen molar-refractivity contribution in [2.75, 3.05) is 0 Å².